The lowest BCUT2D eigenvalue weighted by Crippen LogP contribution is -2.45. The summed E-state index contributed by atoms with van der Waals surface area (Å²) >= 11 is 0. The first-order valence-corrected chi connectivity index (χ1v) is 7.91. The maximum absolute atomic E-state index is 3.63. The summed E-state index contributed by atoms with van der Waals surface area (Å²) in [5.41, 5.74) is 0.249. The van der Waals surface area contributed by atoms with E-state index in [1.54, 1.807) is 0 Å². The minimum absolute atomic E-state index is 0.249. The van der Waals surface area contributed by atoms with Gasteiger partial charge in [0, 0.05) is 18.1 Å². The molecule has 2 nitrogen and oxygen atoms in total. The summed E-state index contributed by atoms with van der Waals surface area (Å²) < 4.78 is 0. The molecular weight excluding hydrogens is 220 g/mol. The second-order valence-electron chi connectivity index (χ2n) is 7.17. The molecule has 0 amide bonds. The van der Waals surface area contributed by atoms with Crippen molar-refractivity contribution in [1.82, 2.24) is 10.2 Å². The van der Waals surface area contributed by atoms with E-state index in [0.717, 1.165) is 18.5 Å². The highest BCUT2D eigenvalue weighted by atomic mass is 15.2. The van der Waals surface area contributed by atoms with Crippen molar-refractivity contribution in [3.8, 4) is 0 Å². The molecule has 1 aliphatic rings. The van der Waals surface area contributed by atoms with E-state index >= 15 is 0 Å². The van der Waals surface area contributed by atoms with Crippen molar-refractivity contribution in [2.75, 3.05) is 19.6 Å². The summed E-state index contributed by atoms with van der Waals surface area (Å²) in [6, 6.07) is 0.862. The number of nitrogens with zero attached hydrogens (tertiary/aromatic N) is 1. The second-order valence-corrected chi connectivity index (χ2v) is 7.17. The van der Waals surface area contributed by atoms with Crippen molar-refractivity contribution in [2.45, 2.75) is 78.3 Å². The molecule has 0 spiro atoms. The van der Waals surface area contributed by atoms with Crippen LogP contribution in [-0.4, -0.2) is 36.1 Å². The third kappa shape index (κ3) is 6.19. The highest BCUT2D eigenvalue weighted by Crippen LogP contribution is 2.21. The fraction of sp³-hybridized carbons (Fsp3) is 1.00. The van der Waals surface area contributed by atoms with Gasteiger partial charge in [-0.1, -0.05) is 26.7 Å². The van der Waals surface area contributed by atoms with E-state index in [1.165, 1.54) is 45.2 Å². The van der Waals surface area contributed by atoms with Crippen molar-refractivity contribution in [2.24, 2.45) is 5.92 Å². The molecular formula is C16H34N2. The molecule has 18 heavy (non-hydrogen) atoms. The molecule has 0 aromatic rings. The van der Waals surface area contributed by atoms with Gasteiger partial charge in [0.2, 0.25) is 0 Å². The molecule has 1 saturated heterocycles. The molecule has 2 atom stereocenters. The molecule has 0 bridgehead atoms. The zero-order chi connectivity index (χ0) is 13.6. The second kappa shape index (κ2) is 7.49. The van der Waals surface area contributed by atoms with Crippen LogP contribution in [0, 0.1) is 5.92 Å². The summed E-state index contributed by atoms with van der Waals surface area (Å²) in [6.07, 6.45) is 6.98. The zero-order valence-corrected chi connectivity index (χ0v) is 13.3. The Hall–Kier alpha value is -0.0800. The van der Waals surface area contributed by atoms with Crippen molar-refractivity contribution in [3.05, 3.63) is 0 Å². The van der Waals surface area contributed by atoms with E-state index < -0.39 is 0 Å². The Labute approximate surface area is 115 Å². The molecule has 2 heteroatoms. The normalized spacial score (nSPS) is 24.2. The van der Waals surface area contributed by atoms with Crippen molar-refractivity contribution in [1.29, 1.82) is 0 Å². The average Bonchev–Trinajstić information content (AvgIpc) is 2.29. The topological polar surface area (TPSA) is 15.3 Å². The van der Waals surface area contributed by atoms with E-state index in [1.807, 2.05) is 0 Å². The highest BCUT2D eigenvalue weighted by molar-refractivity contribution is 4.79. The van der Waals surface area contributed by atoms with E-state index in [-0.39, 0.29) is 5.54 Å². The number of likely N-dealkylation sites (tertiary alicyclic amines) is 1. The van der Waals surface area contributed by atoms with Gasteiger partial charge in [-0.15, -0.1) is 0 Å². The monoisotopic (exact) mass is 254 g/mol. The number of nitrogens with one attached hydrogen (secondary N) is 1. The molecule has 1 N–H and O–H groups in total. The molecule has 1 heterocycles. The van der Waals surface area contributed by atoms with Crippen molar-refractivity contribution in [3.63, 3.8) is 0 Å². The molecule has 0 aromatic carbocycles. The summed E-state index contributed by atoms with van der Waals surface area (Å²) in [7, 11) is 0. The predicted molar refractivity (Wildman–Crippen MR) is 81.0 cm³/mol. The molecule has 0 aromatic heterocycles. The fourth-order valence-electron chi connectivity index (χ4n) is 2.91. The molecule has 1 aliphatic heterocycles. The van der Waals surface area contributed by atoms with Crippen LogP contribution in [0.3, 0.4) is 0 Å². The number of hydrogen-bond donors (Lipinski definition) is 1. The molecule has 0 saturated carbocycles. The maximum atomic E-state index is 3.63. The van der Waals surface area contributed by atoms with Crippen LogP contribution in [0.1, 0.15) is 66.7 Å². The van der Waals surface area contributed by atoms with Crippen LogP contribution in [0.4, 0.5) is 0 Å². The maximum Gasteiger partial charge on any atom is 0.00966 e. The smallest absolute Gasteiger partial charge is 0.00966 e. The van der Waals surface area contributed by atoms with Gasteiger partial charge in [-0.3, -0.25) is 0 Å². The summed E-state index contributed by atoms with van der Waals surface area (Å²) in [6.45, 7) is 15.2. The minimum atomic E-state index is 0.249. The van der Waals surface area contributed by atoms with Gasteiger partial charge in [0.25, 0.3) is 0 Å². The SMILES string of the molecule is CCCC1CCCCN1CC(C)CNC(C)(C)C. The van der Waals surface area contributed by atoms with Gasteiger partial charge < -0.3 is 10.2 Å². The van der Waals surface area contributed by atoms with Crippen LogP contribution in [0.15, 0.2) is 0 Å². The van der Waals surface area contributed by atoms with Crippen molar-refractivity contribution >= 4 is 0 Å². The summed E-state index contributed by atoms with van der Waals surface area (Å²) in [4.78, 5) is 2.75. The number of hydrogen-bond acceptors (Lipinski definition) is 2. The lowest BCUT2D eigenvalue weighted by molar-refractivity contribution is 0.119. The Balaban J connectivity index is 2.34. The molecule has 2 unspecified atom stereocenters. The Morgan fingerprint density at radius 3 is 2.61 bits per heavy atom. The number of rotatable bonds is 6. The van der Waals surface area contributed by atoms with Crippen LogP contribution >= 0.6 is 0 Å². The molecule has 1 rings (SSSR count). The minimum Gasteiger partial charge on any atom is -0.312 e. The van der Waals surface area contributed by atoms with Crippen LogP contribution < -0.4 is 5.32 Å². The van der Waals surface area contributed by atoms with Crippen LogP contribution in [-0.2, 0) is 0 Å². The highest BCUT2D eigenvalue weighted by Gasteiger charge is 2.23. The van der Waals surface area contributed by atoms with E-state index in [4.69, 9.17) is 0 Å². The number of piperidine rings is 1. The van der Waals surface area contributed by atoms with Crippen molar-refractivity contribution < 1.29 is 0 Å². The van der Waals surface area contributed by atoms with Crippen LogP contribution in [0.5, 0.6) is 0 Å². The first-order chi connectivity index (χ1) is 8.42. The van der Waals surface area contributed by atoms with Gasteiger partial charge in [0.15, 0.2) is 0 Å². The van der Waals surface area contributed by atoms with Gasteiger partial charge in [-0.25, -0.2) is 0 Å². The zero-order valence-electron chi connectivity index (χ0n) is 13.3. The Bertz CT molecular complexity index is 218. The largest absolute Gasteiger partial charge is 0.312 e. The average molecular weight is 254 g/mol. The quantitative estimate of drug-likeness (QED) is 0.778. The van der Waals surface area contributed by atoms with E-state index in [2.05, 4.69) is 44.8 Å². The van der Waals surface area contributed by atoms with Gasteiger partial charge in [-0.2, -0.15) is 0 Å². The molecule has 0 aliphatic carbocycles. The lowest BCUT2D eigenvalue weighted by Gasteiger charge is -2.37. The summed E-state index contributed by atoms with van der Waals surface area (Å²) in [5.74, 6) is 0.752. The van der Waals surface area contributed by atoms with Gasteiger partial charge in [0.1, 0.15) is 0 Å². The third-order valence-electron chi connectivity index (χ3n) is 3.90. The van der Waals surface area contributed by atoms with Gasteiger partial charge in [-0.05, 0) is 59.0 Å². The third-order valence-corrected chi connectivity index (χ3v) is 3.90. The van der Waals surface area contributed by atoms with Crippen LogP contribution in [0.2, 0.25) is 0 Å². The Kier molecular flexibility index (Phi) is 6.65. The Morgan fingerprint density at radius 2 is 2.00 bits per heavy atom. The molecule has 1 fully saturated rings. The predicted octanol–water partition coefficient (Wildman–Crippen LogP) is 3.67. The lowest BCUT2D eigenvalue weighted by atomic mass is 9.96. The first-order valence-electron chi connectivity index (χ1n) is 7.91. The van der Waals surface area contributed by atoms with E-state index in [0.29, 0.717) is 0 Å². The first kappa shape index (κ1) is 16.0. The molecule has 108 valence electrons. The summed E-state index contributed by atoms with van der Waals surface area (Å²) in [5, 5.41) is 3.63. The molecule has 0 radical (unpaired) electrons. The Morgan fingerprint density at radius 1 is 1.28 bits per heavy atom. The van der Waals surface area contributed by atoms with E-state index in [9.17, 15) is 0 Å². The van der Waals surface area contributed by atoms with Gasteiger partial charge in [0.05, 0.1) is 0 Å². The fourth-order valence-corrected chi connectivity index (χ4v) is 2.91. The van der Waals surface area contributed by atoms with Gasteiger partial charge >= 0.3 is 0 Å². The standard InChI is InChI=1S/C16H34N2/c1-6-9-15-10-7-8-11-18(15)13-14(2)12-17-16(3,4)5/h14-15,17H,6-13H2,1-5H3. The van der Waals surface area contributed by atoms with Crippen LogP contribution in [0.25, 0.3) is 0 Å².